The molecule has 0 bridgehead atoms. The number of nitrogens with zero attached hydrogens (tertiary/aromatic N) is 2. The summed E-state index contributed by atoms with van der Waals surface area (Å²) >= 11 is 0. The van der Waals surface area contributed by atoms with E-state index < -0.39 is 18.1 Å². The van der Waals surface area contributed by atoms with Gasteiger partial charge in [-0.2, -0.15) is 0 Å². The third-order valence-electron chi connectivity index (χ3n) is 7.64. The van der Waals surface area contributed by atoms with Crippen LogP contribution in [0, 0.1) is 0 Å². The summed E-state index contributed by atoms with van der Waals surface area (Å²) in [7, 11) is 7.66. The maximum Gasteiger partial charge on any atom is 0.398 e. The van der Waals surface area contributed by atoms with Crippen LogP contribution in [0.5, 0.6) is 11.5 Å². The van der Waals surface area contributed by atoms with Crippen LogP contribution in [0.15, 0.2) is 48.5 Å². The fraction of sp³-hybridized carbons (Fsp3) is 0.588. The Labute approximate surface area is 259 Å². The lowest BCUT2D eigenvalue weighted by Crippen LogP contribution is -2.37. The molecular weight excluding hydrogens is 544 g/mol. The summed E-state index contributed by atoms with van der Waals surface area (Å²) in [5, 5.41) is 2.65. The molecule has 43 heavy (non-hydrogen) atoms. The van der Waals surface area contributed by atoms with Gasteiger partial charge in [-0.15, -0.1) is 0 Å². The molecule has 0 heterocycles. The Balaban J connectivity index is 1.44. The highest BCUT2D eigenvalue weighted by Crippen LogP contribution is 2.19. The molecule has 0 saturated carbocycles. The zero-order valence-corrected chi connectivity index (χ0v) is 26.8. The van der Waals surface area contributed by atoms with Crippen molar-refractivity contribution in [3.05, 3.63) is 59.7 Å². The summed E-state index contributed by atoms with van der Waals surface area (Å²) in [5.74, 6) is 0.249. The van der Waals surface area contributed by atoms with Crippen LogP contribution in [0.25, 0.3) is 0 Å². The average Bonchev–Trinajstić information content (AvgIpc) is 3.02. The molecular formula is C34H54N4O5. The van der Waals surface area contributed by atoms with E-state index in [1.165, 1.54) is 11.1 Å². The SMILES string of the molecule is COc1ccccc1CCN(C)CCCCCCNC(=O)C(=O)OC(N)CCCCCN(C)CCc1ccccc1OC. The number of carbonyl (C=O) groups excluding carboxylic acids is 2. The first kappa shape index (κ1) is 36.1. The third-order valence-corrected chi connectivity index (χ3v) is 7.64. The first-order chi connectivity index (χ1) is 20.8. The third kappa shape index (κ3) is 15.2. The predicted octanol–water partition coefficient (Wildman–Crippen LogP) is 4.42. The van der Waals surface area contributed by atoms with Gasteiger partial charge < -0.3 is 29.3 Å². The van der Waals surface area contributed by atoms with Crippen molar-refractivity contribution in [3.63, 3.8) is 0 Å². The summed E-state index contributed by atoms with van der Waals surface area (Å²) < 4.78 is 16.0. The van der Waals surface area contributed by atoms with Gasteiger partial charge in [0.25, 0.3) is 0 Å². The molecule has 0 aliphatic rings. The summed E-state index contributed by atoms with van der Waals surface area (Å²) in [6, 6.07) is 16.2. The van der Waals surface area contributed by atoms with Crippen LogP contribution in [0.2, 0.25) is 0 Å². The van der Waals surface area contributed by atoms with Crippen LogP contribution < -0.4 is 20.5 Å². The molecule has 0 spiro atoms. The van der Waals surface area contributed by atoms with Crippen molar-refractivity contribution >= 4 is 11.9 Å². The number of hydrogen-bond acceptors (Lipinski definition) is 8. The quantitative estimate of drug-likeness (QED) is 0.0889. The molecule has 1 atom stereocenters. The maximum absolute atomic E-state index is 12.1. The van der Waals surface area contributed by atoms with Crippen LogP contribution in [-0.2, 0) is 27.2 Å². The molecule has 0 saturated heterocycles. The van der Waals surface area contributed by atoms with Gasteiger partial charge in [-0.05, 0) is 95.4 Å². The second kappa shape index (κ2) is 21.5. The van der Waals surface area contributed by atoms with E-state index >= 15 is 0 Å². The highest BCUT2D eigenvalue weighted by atomic mass is 16.6. The van der Waals surface area contributed by atoms with E-state index in [1.54, 1.807) is 14.2 Å². The monoisotopic (exact) mass is 598 g/mol. The number of nitrogens with one attached hydrogen (secondary N) is 1. The standard InChI is InChI=1S/C34H54N4O5/c1-37(26-21-28-16-9-11-18-30(28)41-3)24-14-6-5-13-23-36-33(39)34(40)43-32(35)20-8-7-15-25-38(2)27-22-29-17-10-12-19-31(29)42-4/h9-12,16-19,32H,5-8,13-15,20-27,35H2,1-4H3,(H,36,39). The Morgan fingerprint density at radius 2 is 1.21 bits per heavy atom. The normalized spacial score (nSPS) is 11.9. The lowest BCUT2D eigenvalue weighted by Gasteiger charge is -2.18. The van der Waals surface area contributed by atoms with E-state index in [4.69, 9.17) is 19.9 Å². The number of hydrogen-bond donors (Lipinski definition) is 2. The zero-order chi connectivity index (χ0) is 31.3. The number of unbranched alkanes of at least 4 members (excludes halogenated alkanes) is 5. The first-order valence-electron chi connectivity index (χ1n) is 15.7. The number of benzene rings is 2. The van der Waals surface area contributed by atoms with Gasteiger partial charge >= 0.3 is 11.9 Å². The average molecular weight is 599 g/mol. The summed E-state index contributed by atoms with van der Waals surface area (Å²) in [6.45, 7) is 4.38. The molecule has 9 heteroatoms. The summed E-state index contributed by atoms with van der Waals surface area (Å²) in [4.78, 5) is 28.8. The van der Waals surface area contributed by atoms with E-state index in [0.29, 0.717) is 13.0 Å². The molecule has 0 fully saturated rings. The molecule has 0 aromatic heterocycles. The van der Waals surface area contributed by atoms with Gasteiger partial charge in [0.1, 0.15) is 11.5 Å². The van der Waals surface area contributed by atoms with Gasteiger partial charge in [-0.1, -0.05) is 55.7 Å². The Hall–Kier alpha value is -3.14. The summed E-state index contributed by atoms with van der Waals surface area (Å²) in [5.41, 5.74) is 8.38. The van der Waals surface area contributed by atoms with E-state index in [2.05, 4.69) is 41.3 Å². The van der Waals surface area contributed by atoms with Crippen LogP contribution in [0.4, 0.5) is 0 Å². The highest BCUT2D eigenvalue weighted by molar-refractivity contribution is 6.32. The highest BCUT2D eigenvalue weighted by Gasteiger charge is 2.18. The van der Waals surface area contributed by atoms with Crippen molar-refractivity contribution in [2.45, 2.75) is 70.4 Å². The number of rotatable bonds is 22. The molecule has 9 nitrogen and oxygen atoms in total. The van der Waals surface area contributed by atoms with Gasteiger partial charge in [0.05, 0.1) is 14.2 Å². The topological polar surface area (TPSA) is 106 Å². The predicted molar refractivity (Wildman–Crippen MR) is 172 cm³/mol. The molecule has 2 rings (SSSR count). The smallest absolute Gasteiger partial charge is 0.398 e. The lowest BCUT2D eigenvalue weighted by atomic mass is 10.1. The first-order valence-corrected chi connectivity index (χ1v) is 15.7. The van der Waals surface area contributed by atoms with Gasteiger partial charge in [-0.25, -0.2) is 4.79 Å². The molecule has 1 amide bonds. The van der Waals surface area contributed by atoms with Gasteiger partial charge in [0, 0.05) is 19.6 Å². The number of ether oxygens (including phenoxy) is 3. The van der Waals surface area contributed by atoms with E-state index in [0.717, 1.165) is 95.5 Å². The minimum atomic E-state index is -0.903. The molecule has 2 aromatic carbocycles. The van der Waals surface area contributed by atoms with Crippen molar-refractivity contribution in [1.82, 2.24) is 15.1 Å². The number of carbonyl (C=O) groups is 2. The molecule has 240 valence electrons. The lowest BCUT2D eigenvalue weighted by molar-refractivity contribution is -0.159. The number of para-hydroxylation sites is 2. The number of nitrogens with two attached hydrogens (primary N) is 1. The van der Waals surface area contributed by atoms with Crippen LogP contribution in [0.3, 0.4) is 0 Å². The fourth-order valence-corrected chi connectivity index (χ4v) is 4.95. The van der Waals surface area contributed by atoms with Crippen LogP contribution >= 0.6 is 0 Å². The van der Waals surface area contributed by atoms with Crippen molar-refractivity contribution in [2.24, 2.45) is 5.73 Å². The van der Waals surface area contributed by atoms with Gasteiger partial charge in [0.2, 0.25) is 0 Å². The minimum absolute atomic E-state index is 0.456. The Morgan fingerprint density at radius 3 is 1.74 bits per heavy atom. The van der Waals surface area contributed by atoms with Crippen molar-refractivity contribution in [3.8, 4) is 11.5 Å². The number of likely N-dealkylation sites (N-methyl/N-ethyl adjacent to an activating group) is 2. The molecule has 0 aliphatic heterocycles. The number of amides is 1. The molecule has 2 aromatic rings. The van der Waals surface area contributed by atoms with Crippen molar-refractivity contribution in [1.29, 1.82) is 0 Å². The van der Waals surface area contributed by atoms with Gasteiger partial charge in [-0.3, -0.25) is 10.5 Å². The molecule has 3 N–H and O–H groups in total. The van der Waals surface area contributed by atoms with Crippen LogP contribution in [0.1, 0.15) is 62.5 Å². The van der Waals surface area contributed by atoms with Crippen molar-refractivity contribution < 1.29 is 23.8 Å². The minimum Gasteiger partial charge on any atom is -0.496 e. The van der Waals surface area contributed by atoms with Crippen molar-refractivity contribution in [2.75, 3.05) is 61.0 Å². The number of methoxy groups -OCH3 is 2. The Kier molecular flexibility index (Phi) is 18.1. The molecule has 0 aliphatic carbocycles. The van der Waals surface area contributed by atoms with Gasteiger partial charge in [0.15, 0.2) is 6.23 Å². The van der Waals surface area contributed by atoms with E-state index in [1.807, 2.05) is 36.4 Å². The number of esters is 1. The summed E-state index contributed by atoms with van der Waals surface area (Å²) in [6.07, 6.45) is 8.49. The largest absolute Gasteiger partial charge is 0.496 e. The van der Waals surface area contributed by atoms with E-state index in [-0.39, 0.29) is 0 Å². The second-order valence-corrected chi connectivity index (χ2v) is 11.2. The fourth-order valence-electron chi connectivity index (χ4n) is 4.95. The zero-order valence-electron chi connectivity index (χ0n) is 26.8. The van der Waals surface area contributed by atoms with E-state index in [9.17, 15) is 9.59 Å². The maximum atomic E-state index is 12.1. The molecule has 0 radical (unpaired) electrons. The Bertz CT molecular complexity index is 1070. The van der Waals surface area contributed by atoms with Crippen LogP contribution in [-0.4, -0.2) is 88.9 Å². The Morgan fingerprint density at radius 1 is 0.721 bits per heavy atom. The molecule has 1 unspecified atom stereocenters. The second-order valence-electron chi connectivity index (χ2n) is 11.2.